The Kier molecular flexibility index (Phi) is 7.45. The number of ether oxygens (including phenoxy) is 1. The number of nitrogens with zero attached hydrogens (tertiary/aromatic N) is 2. The monoisotopic (exact) mass is 530 g/mol. The Morgan fingerprint density at radius 3 is 2.51 bits per heavy atom. The molecule has 2 aromatic heterocycles. The van der Waals surface area contributed by atoms with Crippen molar-refractivity contribution in [3.8, 4) is 22.1 Å². The van der Waals surface area contributed by atoms with Gasteiger partial charge in [-0.3, -0.25) is 4.98 Å². The minimum absolute atomic E-state index is 0.111. The Morgan fingerprint density at radius 2 is 1.73 bits per heavy atom. The lowest BCUT2D eigenvalue weighted by Crippen LogP contribution is -2.22. The van der Waals surface area contributed by atoms with Gasteiger partial charge < -0.3 is 15.4 Å². The minimum Gasteiger partial charge on any atom is -0.457 e. The molecular formula is C28H26N4O3S2. The van der Waals surface area contributed by atoms with Gasteiger partial charge >= 0.3 is 0 Å². The number of thiazole rings is 1. The predicted octanol–water partition coefficient (Wildman–Crippen LogP) is 6.03. The number of hydrogen-bond acceptors (Lipinski definition) is 8. The lowest BCUT2D eigenvalue weighted by Gasteiger charge is -2.11. The molecule has 188 valence electrons. The zero-order valence-electron chi connectivity index (χ0n) is 20.2. The number of fused-ring (bicyclic) bond motifs is 1. The van der Waals surface area contributed by atoms with E-state index in [2.05, 4.69) is 21.7 Å². The number of aromatic nitrogens is 2. The molecule has 0 aliphatic rings. The van der Waals surface area contributed by atoms with E-state index in [1.807, 2.05) is 78.2 Å². The molecule has 0 amide bonds. The van der Waals surface area contributed by atoms with Crippen LogP contribution >= 0.6 is 11.3 Å². The maximum absolute atomic E-state index is 11.3. The summed E-state index contributed by atoms with van der Waals surface area (Å²) in [5.74, 6) is 1.68. The minimum atomic E-state index is -2.98. The number of para-hydroxylation sites is 1. The first-order chi connectivity index (χ1) is 17.9. The molecule has 0 fully saturated rings. The Balaban J connectivity index is 1.30. The highest BCUT2D eigenvalue weighted by Crippen LogP contribution is 2.32. The second kappa shape index (κ2) is 11.1. The Bertz CT molecular complexity index is 1600. The normalized spacial score (nSPS) is 11.5. The molecule has 9 heteroatoms. The molecule has 2 heterocycles. The summed E-state index contributed by atoms with van der Waals surface area (Å²) in [6, 6.07) is 25.6. The summed E-state index contributed by atoms with van der Waals surface area (Å²) in [5.41, 5.74) is 4.66. The van der Waals surface area contributed by atoms with Gasteiger partial charge in [-0.15, -0.1) is 11.3 Å². The van der Waals surface area contributed by atoms with Crippen LogP contribution in [-0.4, -0.2) is 36.9 Å². The van der Waals surface area contributed by atoms with Crippen molar-refractivity contribution in [2.75, 3.05) is 23.9 Å². The molecule has 37 heavy (non-hydrogen) atoms. The van der Waals surface area contributed by atoms with Crippen LogP contribution in [0.4, 0.5) is 11.4 Å². The van der Waals surface area contributed by atoms with E-state index in [4.69, 9.17) is 9.72 Å². The number of benzene rings is 3. The average Bonchev–Trinajstić information content (AvgIpc) is 3.37. The van der Waals surface area contributed by atoms with E-state index in [9.17, 15) is 8.42 Å². The van der Waals surface area contributed by atoms with Crippen LogP contribution < -0.4 is 15.4 Å². The molecule has 3 aromatic carbocycles. The maximum atomic E-state index is 11.3. The van der Waals surface area contributed by atoms with Crippen LogP contribution in [0.3, 0.4) is 0 Å². The van der Waals surface area contributed by atoms with Gasteiger partial charge in [-0.2, -0.15) is 0 Å². The summed E-state index contributed by atoms with van der Waals surface area (Å²) in [6.07, 6.45) is 3.03. The molecule has 2 N–H and O–H groups in total. The molecule has 0 unspecified atom stereocenters. The highest BCUT2D eigenvalue weighted by molar-refractivity contribution is 7.90. The van der Waals surface area contributed by atoms with Crippen molar-refractivity contribution in [1.82, 2.24) is 15.3 Å². The number of anilines is 2. The molecular weight excluding hydrogens is 504 g/mol. The van der Waals surface area contributed by atoms with Gasteiger partial charge in [0.25, 0.3) is 0 Å². The number of rotatable bonds is 10. The van der Waals surface area contributed by atoms with Gasteiger partial charge in [-0.25, -0.2) is 13.4 Å². The molecule has 0 aliphatic heterocycles. The van der Waals surface area contributed by atoms with Crippen molar-refractivity contribution in [1.29, 1.82) is 0 Å². The fourth-order valence-electron chi connectivity index (χ4n) is 3.77. The van der Waals surface area contributed by atoms with Crippen molar-refractivity contribution in [2.24, 2.45) is 0 Å². The van der Waals surface area contributed by atoms with Crippen LogP contribution in [0, 0.1) is 0 Å². The average molecular weight is 531 g/mol. The third-order valence-corrected chi connectivity index (χ3v) is 7.49. The van der Waals surface area contributed by atoms with Gasteiger partial charge in [0.2, 0.25) is 0 Å². The van der Waals surface area contributed by atoms with Crippen molar-refractivity contribution < 1.29 is 13.2 Å². The molecule has 0 saturated heterocycles. The molecule has 0 saturated carbocycles. The van der Waals surface area contributed by atoms with Gasteiger partial charge in [0.1, 0.15) is 26.3 Å². The topological polar surface area (TPSA) is 93.2 Å². The molecule has 0 aliphatic carbocycles. The first-order valence-electron chi connectivity index (χ1n) is 11.7. The predicted molar refractivity (Wildman–Crippen MR) is 151 cm³/mol. The van der Waals surface area contributed by atoms with Gasteiger partial charge in [0, 0.05) is 53.2 Å². The fraction of sp³-hybridized carbons (Fsp3) is 0.143. The molecule has 5 aromatic rings. The smallest absolute Gasteiger partial charge is 0.148 e. The molecule has 0 spiro atoms. The van der Waals surface area contributed by atoms with E-state index >= 15 is 0 Å². The second-order valence-corrected chi connectivity index (χ2v) is 11.7. The highest BCUT2D eigenvalue weighted by atomic mass is 32.2. The van der Waals surface area contributed by atoms with Crippen LogP contribution in [0.25, 0.3) is 21.5 Å². The van der Waals surface area contributed by atoms with Crippen LogP contribution in [0.2, 0.25) is 0 Å². The van der Waals surface area contributed by atoms with E-state index in [0.29, 0.717) is 13.1 Å². The molecule has 5 rings (SSSR count). The molecule has 0 atom stereocenters. The third kappa shape index (κ3) is 6.71. The van der Waals surface area contributed by atoms with Crippen molar-refractivity contribution in [3.05, 3.63) is 96.1 Å². The highest BCUT2D eigenvalue weighted by Gasteiger charge is 2.10. The number of sulfone groups is 1. The maximum Gasteiger partial charge on any atom is 0.148 e. The number of nitrogens with one attached hydrogen (secondary N) is 2. The summed E-state index contributed by atoms with van der Waals surface area (Å²) in [6.45, 7) is 0.930. The van der Waals surface area contributed by atoms with E-state index in [1.165, 1.54) is 6.26 Å². The summed E-state index contributed by atoms with van der Waals surface area (Å²) in [4.78, 5) is 9.25. The quantitative estimate of drug-likeness (QED) is 0.213. The first-order valence-corrected chi connectivity index (χ1v) is 14.7. The van der Waals surface area contributed by atoms with E-state index < -0.39 is 9.84 Å². The van der Waals surface area contributed by atoms with Gasteiger partial charge in [-0.05, 0) is 60.7 Å². The first kappa shape index (κ1) is 24.9. The number of hydrogen-bond donors (Lipinski definition) is 2. The summed E-state index contributed by atoms with van der Waals surface area (Å²) < 4.78 is 28.5. The summed E-state index contributed by atoms with van der Waals surface area (Å²) in [5, 5.41) is 10.5. The van der Waals surface area contributed by atoms with Gasteiger partial charge in [-0.1, -0.05) is 18.2 Å². The SMILES string of the molecule is CS(=O)(=O)CCNCc1csc(-c2ccc3nccc(Nc4ccc(Oc5ccccc5)cc4)c3c2)n1. The number of pyridine rings is 1. The molecule has 0 bridgehead atoms. The summed E-state index contributed by atoms with van der Waals surface area (Å²) in [7, 11) is -2.98. The van der Waals surface area contributed by atoms with E-state index in [-0.39, 0.29) is 5.75 Å². The van der Waals surface area contributed by atoms with Crippen LogP contribution in [-0.2, 0) is 16.4 Å². The van der Waals surface area contributed by atoms with Crippen molar-refractivity contribution in [3.63, 3.8) is 0 Å². The fourth-order valence-corrected chi connectivity index (χ4v) is 5.10. The Labute approximate surface area is 220 Å². The molecule has 0 radical (unpaired) electrons. The Hall–Kier alpha value is -3.79. The zero-order chi connectivity index (χ0) is 25.7. The lowest BCUT2D eigenvalue weighted by atomic mass is 10.1. The van der Waals surface area contributed by atoms with Crippen LogP contribution in [0.5, 0.6) is 11.5 Å². The second-order valence-electron chi connectivity index (χ2n) is 8.61. The van der Waals surface area contributed by atoms with Crippen molar-refractivity contribution in [2.45, 2.75) is 6.54 Å². The van der Waals surface area contributed by atoms with E-state index in [1.54, 1.807) is 17.5 Å². The molecule has 7 nitrogen and oxygen atoms in total. The third-order valence-electron chi connectivity index (χ3n) is 5.61. The largest absolute Gasteiger partial charge is 0.457 e. The van der Waals surface area contributed by atoms with Crippen LogP contribution in [0.15, 0.2) is 90.4 Å². The standard InChI is InChI=1S/C28H26N4O3S2/c1-37(33,34)16-15-29-18-22-19-36-28(32-22)20-7-12-26-25(17-20)27(13-14-30-26)31-21-8-10-24(11-9-21)35-23-5-3-2-4-6-23/h2-14,17,19,29H,15-16,18H2,1H3,(H,30,31). The van der Waals surface area contributed by atoms with Crippen LogP contribution in [0.1, 0.15) is 5.69 Å². The van der Waals surface area contributed by atoms with Gasteiger partial charge in [0.05, 0.1) is 17.0 Å². The van der Waals surface area contributed by atoms with Gasteiger partial charge in [0.15, 0.2) is 0 Å². The zero-order valence-corrected chi connectivity index (χ0v) is 21.9. The lowest BCUT2D eigenvalue weighted by molar-refractivity contribution is 0.483. The summed E-state index contributed by atoms with van der Waals surface area (Å²) >= 11 is 1.56. The van der Waals surface area contributed by atoms with E-state index in [0.717, 1.165) is 50.0 Å². The Morgan fingerprint density at radius 1 is 0.946 bits per heavy atom. The van der Waals surface area contributed by atoms with Crippen molar-refractivity contribution >= 4 is 43.5 Å².